The van der Waals surface area contributed by atoms with Gasteiger partial charge in [0, 0.05) is 36.3 Å². The smallest absolute Gasteiger partial charge is 0.231 e. The molecule has 1 saturated carbocycles. The van der Waals surface area contributed by atoms with Crippen molar-refractivity contribution in [1.29, 1.82) is 0 Å². The molecule has 0 radical (unpaired) electrons. The number of nitrogens with zero attached hydrogens (tertiary/aromatic N) is 4. The number of halogens is 2. The molecule has 0 saturated heterocycles. The Morgan fingerprint density at radius 1 is 1.41 bits per heavy atom. The summed E-state index contributed by atoms with van der Waals surface area (Å²) < 4.78 is 30.5. The average molecular weight is 457 g/mol. The van der Waals surface area contributed by atoms with Crippen molar-refractivity contribution in [2.45, 2.75) is 24.4 Å². The van der Waals surface area contributed by atoms with Crippen molar-refractivity contribution in [3.63, 3.8) is 0 Å². The lowest BCUT2D eigenvalue weighted by atomic mass is 10.0. The van der Waals surface area contributed by atoms with Crippen molar-refractivity contribution in [3.8, 4) is 11.1 Å². The van der Waals surface area contributed by atoms with Crippen LogP contribution in [-0.2, 0) is 4.79 Å². The molecular weight excluding hydrogens is 434 g/mol. The lowest BCUT2D eigenvalue weighted by Crippen LogP contribution is -2.18. The lowest BCUT2D eigenvalue weighted by molar-refractivity contribution is -0.117. The van der Waals surface area contributed by atoms with Gasteiger partial charge in [-0.3, -0.25) is 9.89 Å². The van der Waals surface area contributed by atoms with Gasteiger partial charge in [-0.25, -0.2) is 13.8 Å². The number of aromatic amines is 1. The molecule has 4 aromatic rings. The van der Waals surface area contributed by atoms with Crippen LogP contribution < -0.4 is 10.2 Å². The van der Waals surface area contributed by atoms with Gasteiger partial charge in [-0.05, 0) is 31.7 Å². The predicted molar refractivity (Wildman–Crippen MR) is 123 cm³/mol. The summed E-state index contributed by atoms with van der Waals surface area (Å²) in [7, 11) is 1.85. The van der Waals surface area contributed by atoms with Crippen LogP contribution in [-0.4, -0.2) is 51.5 Å². The summed E-state index contributed by atoms with van der Waals surface area (Å²) >= 11 is 1.35. The average Bonchev–Trinajstić information content (AvgIpc) is 3.15. The molecule has 5 rings (SSSR count). The van der Waals surface area contributed by atoms with Gasteiger partial charge in [-0.2, -0.15) is 5.10 Å². The van der Waals surface area contributed by atoms with Crippen molar-refractivity contribution in [3.05, 3.63) is 36.5 Å². The van der Waals surface area contributed by atoms with Crippen molar-refractivity contribution in [2.75, 3.05) is 30.1 Å². The van der Waals surface area contributed by atoms with Crippen LogP contribution in [0.3, 0.4) is 0 Å². The summed E-state index contributed by atoms with van der Waals surface area (Å²) in [6, 6.07) is 3.68. The molecule has 1 fully saturated rings. The van der Waals surface area contributed by atoms with E-state index in [0.29, 0.717) is 34.1 Å². The number of alkyl halides is 1. The maximum Gasteiger partial charge on any atom is 0.231 e. The third kappa shape index (κ3) is 3.29. The number of H-pyrrole nitrogens is 1. The number of hydrogen-bond acceptors (Lipinski definition) is 5. The number of aromatic nitrogens is 4. The number of amides is 1. The first-order valence-electron chi connectivity index (χ1n) is 10.3. The highest BCUT2D eigenvalue weighted by Gasteiger charge is 2.43. The molecule has 10 heteroatoms. The molecule has 1 aliphatic carbocycles. The Labute approximate surface area is 187 Å². The van der Waals surface area contributed by atoms with Crippen molar-refractivity contribution in [2.24, 2.45) is 5.92 Å². The number of anilines is 2. The number of carbonyl (C=O) groups excluding carboxylic acids is 1. The van der Waals surface area contributed by atoms with E-state index >= 15 is 4.39 Å². The van der Waals surface area contributed by atoms with Crippen LogP contribution in [0.1, 0.15) is 13.3 Å². The summed E-state index contributed by atoms with van der Waals surface area (Å²) in [5.74, 6) is -0.881. The van der Waals surface area contributed by atoms with Crippen LogP contribution in [0.25, 0.3) is 27.7 Å². The van der Waals surface area contributed by atoms with Gasteiger partial charge in [0.25, 0.3) is 0 Å². The number of benzene rings is 1. The minimum atomic E-state index is -1.06. The zero-order chi connectivity index (χ0) is 22.6. The van der Waals surface area contributed by atoms with Gasteiger partial charge in [0.2, 0.25) is 5.91 Å². The Kier molecular flexibility index (Phi) is 5.04. The minimum Gasteiger partial charge on any atom is -0.371 e. The van der Waals surface area contributed by atoms with Gasteiger partial charge in [0.15, 0.2) is 11.6 Å². The highest BCUT2D eigenvalue weighted by atomic mass is 32.2. The summed E-state index contributed by atoms with van der Waals surface area (Å²) in [6.07, 6.45) is 6.28. The monoisotopic (exact) mass is 456 g/mol. The van der Waals surface area contributed by atoms with Crippen molar-refractivity contribution >= 4 is 45.7 Å². The highest BCUT2D eigenvalue weighted by Crippen LogP contribution is 2.43. The molecule has 1 amide bonds. The standard InChI is InChI=1S/C22H22F2N6OS/c1-4-29(2)20-18(24)21(32-3)17(13-8-25-28-19(13)20)11-5-6-16-26-15(10-30(16)9-11)27-22(31)12-7-14(12)23/h5-6,8-10,12,14H,4,7H2,1-3H3,(H,25,28)(H,27,31). The van der Waals surface area contributed by atoms with Crippen molar-refractivity contribution in [1.82, 2.24) is 19.6 Å². The Bertz CT molecular complexity index is 1350. The molecule has 1 aromatic carbocycles. The van der Waals surface area contributed by atoms with E-state index < -0.39 is 12.1 Å². The predicted octanol–water partition coefficient (Wildman–Crippen LogP) is 4.49. The Morgan fingerprint density at radius 3 is 2.88 bits per heavy atom. The Hall–Kier alpha value is -3.14. The van der Waals surface area contributed by atoms with Crippen LogP contribution in [0.2, 0.25) is 0 Å². The SMILES string of the molecule is CCN(C)c1c(F)c(SC)c(-c2ccc3nc(NC(=O)C4CC4F)cn3c2)c2cn[nH]c12. The molecule has 7 nitrogen and oxygen atoms in total. The number of hydrogen-bond donors (Lipinski definition) is 2. The highest BCUT2D eigenvalue weighted by molar-refractivity contribution is 7.98. The van der Waals surface area contributed by atoms with Crippen LogP contribution in [0.15, 0.2) is 35.6 Å². The second-order valence-electron chi connectivity index (χ2n) is 7.90. The molecule has 1 aliphatic rings. The van der Waals surface area contributed by atoms with E-state index in [1.807, 2.05) is 37.4 Å². The molecule has 32 heavy (non-hydrogen) atoms. The summed E-state index contributed by atoms with van der Waals surface area (Å²) in [4.78, 5) is 18.8. The second kappa shape index (κ2) is 7.77. The summed E-state index contributed by atoms with van der Waals surface area (Å²) in [5, 5.41) is 10.6. The number of pyridine rings is 1. The number of nitrogens with one attached hydrogen (secondary N) is 2. The molecular formula is C22H22F2N6OS. The number of imidazole rings is 1. The van der Waals surface area contributed by atoms with E-state index in [1.54, 1.807) is 22.9 Å². The van der Waals surface area contributed by atoms with Gasteiger partial charge in [0.05, 0.1) is 34.4 Å². The summed E-state index contributed by atoms with van der Waals surface area (Å²) in [6.45, 7) is 2.62. The maximum atomic E-state index is 15.6. The molecule has 0 bridgehead atoms. The van der Waals surface area contributed by atoms with Gasteiger partial charge in [0.1, 0.15) is 11.8 Å². The minimum absolute atomic E-state index is 0.260. The molecule has 0 spiro atoms. The normalized spacial score (nSPS) is 17.8. The lowest BCUT2D eigenvalue weighted by Gasteiger charge is -2.22. The molecule has 2 atom stereocenters. The van der Waals surface area contributed by atoms with Crippen LogP contribution in [0, 0.1) is 11.7 Å². The second-order valence-corrected chi connectivity index (χ2v) is 8.72. The first-order chi connectivity index (χ1) is 15.4. The van der Waals surface area contributed by atoms with Crippen LogP contribution in [0.5, 0.6) is 0 Å². The van der Waals surface area contributed by atoms with E-state index in [0.717, 1.165) is 16.5 Å². The molecule has 3 aromatic heterocycles. The van der Waals surface area contributed by atoms with Gasteiger partial charge in [-0.15, -0.1) is 11.8 Å². The maximum absolute atomic E-state index is 15.6. The Balaban J connectivity index is 1.61. The number of thioether (sulfide) groups is 1. The number of carbonyl (C=O) groups is 1. The molecule has 2 unspecified atom stereocenters. The summed E-state index contributed by atoms with van der Waals surface area (Å²) in [5.41, 5.74) is 3.29. The molecule has 0 aliphatic heterocycles. The fourth-order valence-corrected chi connectivity index (χ4v) is 4.66. The molecule has 3 heterocycles. The van der Waals surface area contributed by atoms with E-state index in [2.05, 4.69) is 20.5 Å². The van der Waals surface area contributed by atoms with Crippen LogP contribution >= 0.6 is 11.8 Å². The number of rotatable bonds is 6. The largest absolute Gasteiger partial charge is 0.371 e. The third-order valence-electron chi connectivity index (χ3n) is 5.88. The first-order valence-corrected chi connectivity index (χ1v) is 11.5. The fourth-order valence-electron chi connectivity index (χ4n) is 3.95. The van der Waals surface area contributed by atoms with Gasteiger partial charge in [-0.1, -0.05) is 0 Å². The Morgan fingerprint density at radius 2 is 2.19 bits per heavy atom. The van der Waals surface area contributed by atoms with E-state index in [-0.39, 0.29) is 18.1 Å². The third-order valence-corrected chi connectivity index (χ3v) is 6.67. The molecule has 166 valence electrons. The van der Waals surface area contributed by atoms with E-state index in [4.69, 9.17) is 0 Å². The quantitative estimate of drug-likeness (QED) is 0.418. The van der Waals surface area contributed by atoms with Gasteiger partial charge < -0.3 is 14.6 Å². The zero-order valence-electron chi connectivity index (χ0n) is 17.8. The molecule has 2 N–H and O–H groups in total. The number of fused-ring (bicyclic) bond motifs is 2. The van der Waals surface area contributed by atoms with Crippen molar-refractivity contribution < 1.29 is 13.6 Å². The van der Waals surface area contributed by atoms with E-state index in [1.165, 1.54) is 11.8 Å². The van der Waals surface area contributed by atoms with Crippen LogP contribution in [0.4, 0.5) is 20.3 Å². The zero-order valence-corrected chi connectivity index (χ0v) is 18.6. The van der Waals surface area contributed by atoms with E-state index in [9.17, 15) is 9.18 Å². The van der Waals surface area contributed by atoms with Gasteiger partial charge >= 0.3 is 0 Å². The topological polar surface area (TPSA) is 78.3 Å². The first kappa shape index (κ1) is 20.7. The fraction of sp³-hybridized carbons (Fsp3) is 0.318.